The van der Waals surface area contributed by atoms with E-state index in [2.05, 4.69) is 20.4 Å². The van der Waals surface area contributed by atoms with E-state index >= 15 is 0 Å². The Hall–Kier alpha value is -1.50. The van der Waals surface area contributed by atoms with Crippen LogP contribution in [0.2, 0.25) is 0 Å². The van der Waals surface area contributed by atoms with Crippen LogP contribution in [0, 0.1) is 0 Å². The number of hydrogen-bond acceptors (Lipinski definition) is 5. The van der Waals surface area contributed by atoms with Crippen LogP contribution in [-0.2, 0) is 11.3 Å². The van der Waals surface area contributed by atoms with E-state index in [0.29, 0.717) is 12.6 Å². The van der Waals surface area contributed by atoms with Crippen molar-refractivity contribution in [3.8, 4) is 0 Å². The van der Waals surface area contributed by atoms with Gasteiger partial charge in [-0.3, -0.25) is 9.69 Å². The Morgan fingerprint density at radius 1 is 1.30 bits per heavy atom. The van der Waals surface area contributed by atoms with Gasteiger partial charge in [0.05, 0.1) is 18.1 Å². The summed E-state index contributed by atoms with van der Waals surface area (Å²) in [6.07, 6.45) is 2.31. The summed E-state index contributed by atoms with van der Waals surface area (Å²) in [5.41, 5.74) is -0.491. The molecule has 2 heterocycles. The van der Waals surface area contributed by atoms with Crippen molar-refractivity contribution < 1.29 is 4.79 Å². The lowest BCUT2D eigenvalue weighted by molar-refractivity contribution is -0.149. The molecule has 20 heavy (non-hydrogen) atoms. The molecule has 0 N–H and O–H groups in total. The summed E-state index contributed by atoms with van der Waals surface area (Å²) in [6.45, 7) is 9.06. The lowest BCUT2D eigenvalue weighted by atomic mass is 9.97. The number of hydrogen-bond donors (Lipinski definition) is 0. The summed E-state index contributed by atoms with van der Waals surface area (Å²) < 4.78 is 1.92. The lowest BCUT2D eigenvalue weighted by Crippen LogP contribution is -2.62. The molecule has 2 fully saturated rings. The Morgan fingerprint density at radius 3 is 2.70 bits per heavy atom. The third kappa shape index (κ3) is 2.19. The molecule has 0 aromatic carbocycles. The van der Waals surface area contributed by atoms with Gasteiger partial charge in [0.1, 0.15) is 0 Å². The molecule has 1 saturated heterocycles. The Bertz CT molecular complexity index is 507. The second kappa shape index (κ2) is 4.80. The third-order valence-corrected chi connectivity index (χ3v) is 4.41. The van der Waals surface area contributed by atoms with Crippen LogP contribution in [0.25, 0.3) is 0 Å². The number of aromatic nitrogens is 4. The number of amides is 1. The van der Waals surface area contributed by atoms with Crippen LogP contribution < -0.4 is 0 Å². The minimum absolute atomic E-state index is 0.191. The van der Waals surface area contributed by atoms with Crippen LogP contribution in [0.1, 0.15) is 45.5 Å². The standard InChI is InChI=1S/C13H22N6O/c1-4-17-7-8-18(13(2,3)12(17)20)9-11-14-15-16-19(11)10-5-6-10/h10H,4-9H2,1-3H3. The maximum absolute atomic E-state index is 12.5. The second-order valence-corrected chi connectivity index (χ2v) is 6.14. The zero-order valence-electron chi connectivity index (χ0n) is 12.4. The van der Waals surface area contributed by atoms with Gasteiger partial charge in [-0.05, 0) is 44.0 Å². The fourth-order valence-electron chi connectivity index (χ4n) is 2.81. The molecule has 1 aromatic rings. The first-order chi connectivity index (χ1) is 9.54. The summed E-state index contributed by atoms with van der Waals surface area (Å²) in [5.74, 6) is 1.06. The minimum Gasteiger partial charge on any atom is -0.340 e. The number of likely N-dealkylation sites (N-methyl/N-ethyl adjacent to an activating group) is 1. The van der Waals surface area contributed by atoms with Crippen molar-refractivity contribution in [3.63, 3.8) is 0 Å². The van der Waals surface area contributed by atoms with Crippen molar-refractivity contribution >= 4 is 5.91 Å². The fraction of sp³-hybridized carbons (Fsp3) is 0.846. The Labute approximate surface area is 118 Å². The van der Waals surface area contributed by atoms with Crippen molar-refractivity contribution in [2.45, 2.75) is 51.7 Å². The number of nitrogens with zero attached hydrogens (tertiary/aromatic N) is 6. The van der Waals surface area contributed by atoms with E-state index in [4.69, 9.17) is 0 Å². The molecule has 0 radical (unpaired) electrons. The van der Waals surface area contributed by atoms with E-state index in [-0.39, 0.29) is 5.91 Å². The number of carbonyl (C=O) groups is 1. The van der Waals surface area contributed by atoms with Crippen LogP contribution in [0.5, 0.6) is 0 Å². The molecule has 7 heteroatoms. The largest absolute Gasteiger partial charge is 0.340 e. The van der Waals surface area contributed by atoms with Gasteiger partial charge >= 0.3 is 0 Å². The molecule has 1 aliphatic carbocycles. The predicted molar refractivity (Wildman–Crippen MR) is 72.8 cm³/mol. The number of piperazine rings is 1. The minimum atomic E-state index is -0.491. The molecule has 0 spiro atoms. The molecule has 1 aromatic heterocycles. The first-order valence-corrected chi connectivity index (χ1v) is 7.35. The van der Waals surface area contributed by atoms with Gasteiger partial charge < -0.3 is 4.90 Å². The summed E-state index contributed by atoms with van der Waals surface area (Å²) in [5, 5.41) is 12.0. The highest BCUT2D eigenvalue weighted by Crippen LogP contribution is 2.35. The average Bonchev–Trinajstić information content (AvgIpc) is 3.16. The van der Waals surface area contributed by atoms with Gasteiger partial charge in [-0.25, -0.2) is 4.68 Å². The number of tetrazole rings is 1. The molecule has 0 unspecified atom stereocenters. The molecule has 3 rings (SSSR count). The smallest absolute Gasteiger partial charge is 0.242 e. The Morgan fingerprint density at radius 2 is 2.05 bits per heavy atom. The second-order valence-electron chi connectivity index (χ2n) is 6.14. The average molecular weight is 278 g/mol. The fourth-order valence-corrected chi connectivity index (χ4v) is 2.81. The van der Waals surface area contributed by atoms with Gasteiger partial charge in [0, 0.05) is 19.6 Å². The first kappa shape index (κ1) is 13.5. The third-order valence-electron chi connectivity index (χ3n) is 4.41. The maximum atomic E-state index is 12.5. The summed E-state index contributed by atoms with van der Waals surface area (Å²) in [6, 6.07) is 0.468. The summed E-state index contributed by atoms with van der Waals surface area (Å²) >= 11 is 0. The van der Waals surface area contributed by atoms with E-state index in [1.54, 1.807) is 0 Å². The molecule has 0 atom stereocenters. The quantitative estimate of drug-likeness (QED) is 0.800. The highest BCUT2D eigenvalue weighted by atomic mass is 16.2. The zero-order valence-corrected chi connectivity index (χ0v) is 12.4. The first-order valence-electron chi connectivity index (χ1n) is 7.35. The molecule has 110 valence electrons. The van der Waals surface area contributed by atoms with Gasteiger partial charge in [-0.2, -0.15) is 0 Å². The molecule has 0 bridgehead atoms. The molecule has 2 aliphatic rings. The molecule has 1 amide bonds. The van der Waals surface area contributed by atoms with Crippen molar-refractivity contribution in [2.75, 3.05) is 19.6 Å². The highest BCUT2D eigenvalue weighted by Gasteiger charge is 2.42. The van der Waals surface area contributed by atoms with Gasteiger partial charge in [-0.1, -0.05) is 0 Å². The van der Waals surface area contributed by atoms with Crippen molar-refractivity contribution in [3.05, 3.63) is 5.82 Å². The SMILES string of the molecule is CCN1CCN(Cc2nnnn2C2CC2)C(C)(C)C1=O. The van der Waals surface area contributed by atoms with Crippen molar-refractivity contribution in [1.82, 2.24) is 30.0 Å². The van der Waals surface area contributed by atoms with E-state index in [0.717, 1.165) is 38.3 Å². The molecule has 1 aliphatic heterocycles. The van der Waals surface area contributed by atoms with Crippen molar-refractivity contribution in [1.29, 1.82) is 0 Å². The molecular formula is C13H22N6O. The van der Waals surface area contributed by atoms with Crippen LogP contribution in [-0.4, -0.2) is 61.1 Å². The monoisotopic (exact) mass is 278 g/mol. The molecule has 1 saturated carbocycles. The van der Waals surface area contributed by atoms with Crippen LogP contribution >= 0.6 is 0 Å². The van der Waals surface area contributed by atoms with Gasteiger partial charge in [0.15, 0.2) is 5.82 Å². The van der Waals surface area contributed by atoms with Crippen molar-refractivity contribution in [2.24, 2.45) is 0 Å². The number of carbonyl (C=O) groups excluding carboxylic acids is 1. The zero-order chi connectivity index (χ0) is 14.3. The normalized spacial score (nSPS) is 23.4. The maximum Gasteiger partial charge on any atom is 0.242 e. The van der Waals surface area contributed by atoms with Crippen LogP contribution in [0.3, 0.4) is 0 Å². The van der Waals surface area contributed by atoms with E-state index in [9.17, 15) is 4.79 Å². The van der Waals surface area contributed by atoms with Gasteiger partial charge in [0.25, 0.3) is 0 Å². The number of rotatable bonds is 4. The Balaban J connectivity index is 1.76. The summed E-state index contributed by atoms with van der Waals surface area (Å²) in [4.78, 5) is 16.6. The van der Waals surface area contributed by atoms with E-state index in [1.807, 2.05) is 30.4 Å². The predicted octanol–water partition coefficient (Wildman–Crippen LogP) is 0.451. The lowest BCUT2D eigenvalue weighted by Gasteiger charge is -2.45. The van der Waals surface area contributed by atoms with Gasteiger partial charge in [0.2, 0.25) is 5.91 Å². The highest BCUT2D eigenvalue weighted by molar-refractivity contribution is 5.86. The van der Waals surface area contributed by atoms with E-state index < -0.39 is 5.54 Å². The summed E-state index contributed by atoms with van der Waals surface area (Å²) in [7, 11) is 0. The molecule has 7 nitrogen and oxygen atoms in total. The van der Waals surface area contributed by atoms with E-state index in [1.165, 1.54) is 0 Å². The van der Waals surface area contributed by atoms with Crippen LogP contribution in [0.4, 0.5) is 0 Å². The Kier molecular flexibility index (Phi) is 3.24. The van der Waals surface area contributed by atoms with Gasteiger partial charge in [-0.15, -0.1) is 5.10 Å². The van der Waals surface area contributed by atoms with Crippen LogP contribution in [0.15, 0.2) is 0 Å². The topological polar surface area (TPSA) is 67.2 Å². The molecular weight excluding hydrogens is 256 g/mol.